The van der Waals surface area contributed by atoms with E-state index in [0.29, 0.717) is 10.7 Å². The maximum atomic E-state index is 13.2. The monoisotopic (exact) mass is 411 g/mol. The first-order chi connectivity index (χ1) is 13.3. The molecule has 0 bridgehead atoms. The summed E-state index contributed by atoms with van der Waals surface area (Å²) < 4.78 is 27.8. The number of anilines is 1. The molecule has 0 saturated heterocycles. The number of aryl methyl sites for hydroxylation is 2. The van der Waals surface area contributed by atoms with Gasteiger partial charge in [0.2, 0.25) is 0 Å². The van der Waals surface area contributed by atoms with Gasteiger partial charge in [0.25, 0.3) is 10.0 Å². The highest BCUT2D eigenvalue weighted by atomic mass is 35.5. The molecule has 0 aliphatic heterocycles. The van der Waals surface area contributed by atoms with Gasteiger partial charge in [-0.1, -0.05) is 65.7 Å². The second-order valence-electron chi connectivity index (χ2n) is 6.74. The molecule has 0 aliphatic carbocycles. The van der Waals surface area contributed by atoms with E-state index in [2.05, 4.69) is 0 Å². The highest BCUT2D eigenvalue weighted by Crippen LogP contribution is 2.24. The van der Waals surface area contributed by atoms with Crippen molar-refractivity contribution >= 4 is 33.4 Å². The number of hydrogen-bond donors (Lipinski definition) is 0. The molecule has 28 heavy (non-hydrogen) atoms. The van der Waals surface area contributed by atoms with Gasteiger partial charge in [0.15, 0.2) is 0 Å². The average molecular weight is 412 g/mol. The lowest BCUT2D eigenvalue weighted by molar-refractivity contribution is 0.599. The Balaban J connectivity index is 1.99. The molecule has 3 aromatic rings. The first-order valence-electron chi connectivity index (χ1n) is 8.92. The smallest absolute Gasteiger partial charge is 0.257 e. The molecular weight excluding hydrogens is 390 g/mol. The predicted molar refractivity (Wildman–Crippen MR) is 118 cm³/mol. The van der Waals surface area contributed by atoms with Crippen molar-refractivity contribution in [3.05, 3.63) is 105 Å². The molecule has 0 unspecified atom stereocenters. The third kappa shape index (κ3) is 5.24. The molecule has 0 heterocycles. The Labute approximate surface area is 172 Å². The van der Waals surface area contributed by atoms with Gasteiger partial charge in [0.1, 0.15) is 0 Å². The maximum Gasteiger partial charge on any atom is 0.257 e. The van der Waals surface area contributed by atoms with Crippen molar-refractivity contribution in [2.24, 2.45) is 0 Å². The third-order valence-corrected chi connectivity index (χ3v) is 5.96. The number of nitrogens with zero attached hydrogens (tertiary/aromatic N) is 1. The molecule has 0 fully saturated rings. The Morgan fingerprint density at radius 2 is 1.57 bits per heavy atom. The van der Waals surface area contributed by atoms with E-state index < -0.39 is 10.0 Å². The largest absolute Gasteiger partial charge is 0.262 e. The van der Waals surface area contributed by atoms with Crippen LogP contribution in [0.3, 0.4) is 0 Å². The number of rotatable bonds is 6. The van der Waals surface area contributed by atoms with Crippen molar-refractivity contribution < 1.29 is 8.42 Å². The Hall–Kier alpha value is -2.56. The molecule has 0 atom stereocenters. The van der Waals surface area contributed by atoms with Crippen molar-refractivity contribution in [2.45, 2.75) is 20.4 Å². The number of hydrogen-bond acceptors (Lipinski definition) is 2. The fourth-order valence-electron chi connectivity index (χ4n) is 2.94. The van der Waals surface area contributed by atoms with Crippen molar-refractivity contribution in [1.82, 2.24) is 0 Å². The second-order valence-corrected chi connectivity index (χ2v) is 8.92. The van der Waals surface area contributed by atoms with E-state index in [1.165, 1.54) is 9.71 Å². The Kier molecular flexibility index (Phi) is 6.22. The zero-order valence-corrected chi connectivity index (χ0v) is 17.4. The van der Waals surface area contributed by atoms with Crippen LogP contribution < -0.4 is 4.31 Å². The quantitative estimate of drug-likeness (QED) is 0.501. The highest BCUT2D eigenvalue weighted by molar-refractivity contribution is 7.95. The van der Waals surface area contributed by atoms with E-state index in [9.17, 15) is 8.42 Å². The summed E-state index contributed by atoms with van der Waals surface area (Å²) in [6, 6.07) is 22.5. The molecule has 0 saturated carbocycles. The van der Waals surface area contributed by atoms with Crippen LogP contribution in [0.25, 0.3) is 6.08 Å². The lowest BCUT2D eigenvalue weighted by Gasteiger charge is -2.23. The van der Waals surface area contributed by atoms with Gasteiger partial charge in [0, 0.05) is 5.02 Å². The van der Waals surface area contributed by atoms with Crippen LogP contribution in [0, 0.1) is 13.8 Å². The fraction of sp³-hybridized carbons (Fsp3) is 0.130. The average Bonchev–Trinajstić information content (AvgIpc) is 2.65. The van der Waals surface area contributed by atoms with Crippen LogP contribution in [0.2, 0.25) is 5.02 Å². The molecule has 0 radical (unpaired) electrons. The van der Waals surface area contributed by atoms with Crippen LogP contribution in [0.15, 0.2) is 78.2 Å². The summed E-state index contributed by atoms with van der Waals surface area (Å²) >= 11 is 6.00. The van der Waals surface area contributed by atoms with Crippen molar-refractivity contribution in [3.63, 3.8) is 0 Å². The summed E-state index contributed by atoms with van der Waals surface area (Å²) in [5.74, 6) is 0. The predicted octanol–water partition coefficient (Wildman–Crippen LogP) is 5.96. The summed E-state index contributed by atoms with van der Waals surface area (Å²) in [7, 11) is -3.70. The van der Waals surface area contributed by atoms with Crippen LogP contribution in [-0.4, -0.2) is 8.42 Å². The van der Waals surface area contributed by atoms with Gasteiger partial charge in [-0.3, -0.25) is 4.31 Å². The van der Waals surface area contributed by atoms with E-state index in [0.717, 1.165) is 22.3 Å². The summed E-state index contributed by atoms with van der Waals surface area (Å²) in [5.41, 5.74) is 4.39. The third-order valence-electron chi connectivity index (χ3n) is 4.29. The molecule has 0 spiro atoms. The van der Waals surface area contributed by atoms with Crippen LogP contribution in [-0.2, 0) is 16.6 Å². The van der Waals surface area contributed by atoms with E-state index in [1.54, 1.807) is 24.3 Å². The SMILES string of the molecule is Cc1cccc(CN(c2cccc(C)c2)S(=O)(=O)/C=C/c2cccc(Cl)c2)c1. The van der Waals surface area contributed by atoms with Crippen LogP contribution in [0.1, 0.15) is 22.3 Å². The molecule has 0 amide bonds. The van der Waals surface area contributed by atoms with Crippen molar-refractivity contribution in [3.8, 4) is 0 Å². The minimum atomic E-state index is -3.70. The standard InChI is InChI=1S/C23H22ClNO2S/c1-18-6-3-9-21(14-18)17-25(23-11-4-7-19(2)15-23)28(26,27)13-12-20-8-5-10-22(24)16-20/h3-16H,17H2,1-2H3/b13-12+. The zero-order valence-electron chi connectivity index (χ0n) is 15.8. The molecule has 144 valence electrons. The number of sulfonamides is 1. The van der Waals surface area contributed by atoms with Gasteiger partial charge in [0.05, 0.1) is 17.6 Å². The van der Waals surface area contributed by atoms with Crippen LogP contribution in [0.5, 0.6) is 0 Å². The van der Waals surface area contributed by atoms with Gasteiger partial charge >= 0.3 is 0 Å². The first kappa shape index (κ1) is 20.2. The van der Waals surface area contributed by atoms with Crippen LogP contribution >= 0.6 is 11.6 Å². The molecule has 3 aromatic carbocycles. The van der Waals surface area contributed by atoms with Crippen LogP contribution in [0.4, 0.5) is 5.69 Å². The normalized spacial score (nSPS) is 11.7. The molecular formula is C23H22ClNO2S. The molecule has 0 N–H and O–H groups in total. The van der Waals surface area contributed by atoms with Crippen molar-refractivity contribution in [2.75, 3.05) is 4.31 Å². The molecule has 5 heteroatoms. The highest BCUT2D eigenvalue weighted by Gasteiger charge is 2.20. The van der Waals surface area contributed by atoms with E-state index >= 15 is 0 Å². The Bertz CT molecular complexity index is 1110. The van der Waals surface area contributed by atoms with Gasteiger partial charge in [-0.25, -0.2) is 8.42 Å². The van der Waals surface area contributed by atoms with E-state index in [4.69, 9.17) is 11.6 Å². The maximum absolute atomic E-state index is 13.2. The minimum absolute atomic E-state index is 0.257. The number of halogens is 1. The summed E-state index contributed by atoms with van der Waals surface area (Å²) in [4.78, 5) is 0. The first-order valence-corrected chi connectivity index (χ1v) is 10.8. The zero-order chi connectivity index (χ0) is 20.1. The van der Waals surface area contributed by atoms with Gasteiger partial charge in [-0.15, -0.1) is 0 Å². The van der Waals surface area contributed by atoms with E-state index in [1.807, 2.05) is 68.4 Å². The minimum Gasteiger partial charge on any atom is -0.262 e. The fourth-order valence-corrected chi connectivity index (χ4v) is 4.35. The molecule has 3 rings (SSSR count). The Morgan fingerprint density at radius 1 is 0.893 bits per heavy atom. The molecule has 0 aliphatic rings. The van der Waals surface area contributed by atoms with Gasteiger partial charge < -0.3 is 0 Å². The molecule has 3 nitrogen and oxygen atoms in total. The van der Waals surface area contributed by atoms with Crippen molar-refractivity contribution in [1.29, 1.82) is 0 Å². The summed E-state index contributed by atoms with van der Waals surface area (Å²) in [6.07, 6.45) is 1.57. The van der Waals surface area contributed by atoms with Gasteiger partial charge in [-0.05, 0) is 60.9 Å². The lowest BCUT2D eigenvalue weighted by atomic mass is 10.1. The summed E-state index contributed by atoms with van der Waals surface area (Å²) in [5, 5.41) is 1.80. The van der Waals surface area contributed by atoms with E-state index in [-0.39, 0.29) is 6.54 Å². The topological polar surface area (TPSA) is 37.4 Å². The Morgan fingerprint density at radius 3 is 2.25 bits per heavy atom. The molecule has 0 aromatic heterocycles. The summed E-state index contributed by atoms with van der Waals surface area (Å²) in [6.45, 7) is 4.20. The van der Waals surface area contributed by atoms with Gasteiger partial charge in [-0.2, -0.15) is 0 Å². The lowest BCUT2D eigenvalue weighted by Crippen LogP contribution is -2.28. The second kappa shape index (κ2) is 8.63. The number of benzene rings is 3.